The number of carboxylic acid groups (broad SMARTS) is 1. The van der Waals surface area contributed by atoms with Crippen LogP contribution in [0.4, 0.5) is 21.8 Å². The van der Waals surface area contributed by atoms with Crippen LogP contribution in [0.15, 0.2) is 59.7 Å². The zero-order chi connectivity index (χ0) is 22.4. The van der Waals surface area contributed by atoms with Crippen molar-refractivity contribution in [2.45, 2.75) is 19.9 Å². The second kappa shape index (κ2) is 9.57. The van der Waals surface area contributed by atoms with Gasteiger partial charge in [-0.15, -0.1) is 0 Å². The molecule has 3 aromatic rings. The molecule has 0 aliphatic carbocycles. The van der Waals surface area contributed by atoms with E-state index in [1.807, 2.05) is 18.2 Å². The van der Waals surface area contributed by atoms with Crippen molar-refractivity contribution in [1.29, 1.82) is 0 Å². The Morgan fingerprint density at radius 3 is 2.55 bits per heavy atom. The lowest BCUT2D eigenvalue weighted by Crippen LogP contribution is -2.16. The van der Waals surface area contributed by atoms with Crippen molar-refractivity contribution >= 4 is 34.9 Å². The number of carbonyl (C=O) groups is 2. The van der Waals surface area contributed by atoms with Gasteiger partial charge in [-0.1, -0.05) is 18.2 Å². The number of nitrogens with zero attached hydrogens (tertiary/aromatic N) is 3. The Kier molecular flexibility index (Phi) is 6.66. The highest BCUT2D eigenvalue weighted by Gasteiger charge is 2.22. The molecular weight excluding hydrogens is 401 g/mol. The highest BCUT2D eigenvalue weighted by molar-refractivity contribution is 6.47. The Morgan fingerprint density at radius 2 is 1.87 bits per heavy atom. The van der Waals surface area contributed by atoms with Crippen molar-refractivity contribution in [3.8, 4) is 0 Å². The number of aromatic nitrogens is 2. The van der Waals surface area contributed by atoms with Crippen molar-refractivity contribution in [3.63, 3.8) is 0 Å². The van der Waals surface area contributed by atoms with Crippen LogP contribution < -0.4 is 11.1 Å². The number of nitrogens with one attached hydrogen (secondary N) is 1. The molecular formula is C22H20FN5O3. The van der Waals surface area contributed by atoms with Crippen LogP contribution in [-0.2, 0) is 22.6 Å². The third kappa shape index (κ3) is 5.92. The van der Waals surface area contributed by atoms with Gasteiger partial charge in [0, 0.05) is 30.8 Å². The highest BCUT2D eigenvalue weighted by atomic mass is 19.1. The van der Waals surface area contributed by atoms with E-state index in [4.69, 9.17) is 15.6 Å². The van der Waals surface area contributed by atoms with Gasteiger partial charge in [-0.25, -0.2) is 9.37 Å². The molecule has 4 N–H and O–H groups in total. The number of ketones is 1. The largest absolute Gasteiger partial charge is 0.481 e. The average molecular weight is 421 g/mol. The minimum atomic E-state index is -0.833. The second-order valence-corrected chi connectivity index (χ2v) is 6.71. The van der Waals surface area contributed by atoms with Crippen molar-refractivity contribution in [3.05, 3.63) is 77.2 Å². The third-order valence-corrected chi connectivity index (χ3v) is 4.26. The topological polar surface area (TPSA) is 131 Å². The number of rotatable bonds is 5. The van der Waals surface area contributed by atoms with Gasteiger partial charge in [-0.05, 0) is 41.5 Å². The lowest BCUT2D eigenvalue weighted by molar-refractivity contribution is -0.134. The van der Waals surface area contributed by atoms with Gasteiger partial charge < -0.3 is 16.2 Å². The van der Waals surface area contributed by atoms with Crippen LogP contribution in [0.5, 0.6) is 0 Å². The summed E-state index contributed by atoms with van der Waals surface area (Å²) in [4.78, 5) is 34.1. The molecule has 0 saturated carbocycles. The molecule has 4 rings (SSSR count). The van der Waals surface area contributed by atoms with E-state index in [0.717, 1.165) is 29.3 Å². The maximum Gasteiger partial charge on any atom is 0.300 e. The van der Waals surface area contributed by atoms with Gasteiger partial charge in [0.2, 0.25) is 5.95 Å². The molecule has 1 aromatic heterocycles. The number of aliphatic imine (C=N–C) groups is 1. The number of Topliss-reactive ketones (excluding diaryl/α,β-unsaturated/α-hetero) is 1. The molecule has 0 atom stereocenters. The van der Waals surface area contributed by atoms with E-state index in [1.54, 1.807) is 24.4 Å². The predicted octanol–water partition coefficient (Wildman–Crippen LogP) is 3.15. The maximum absolute atomic E-state index is 13.0. The van der Waals surface area contributed by atoms with Gasteiger partial charge in [0.1, 0.15) is 17.3 Å². The van der Waals surface area contributed by atoms with E-state index in [2.05, 4.69) is 20.3 Å². The fourth-order valence-corrected chi connectivity index (χ4v) is 2.96. The number of hydrogen-bond donors (Lipinski definition) is 3. The molecule has 2 aromatic carbocycles. The third-order valence-electron chi connectivity index (χ3n) is 4.26. The number of hydrogen-bond acceptors (Lipinski definition) is 7. The van der Waals surface area contributed by atoms with E-state index in [9.17, 15) is 9.18 Å². The molecule has 1 aliphatic heterocycles. The number of nitrogen functional groups attached to an aromatic ring is 1. The summed E-state index contributed by atoms with van der Waals surface area (Å²) in [6.07, 6.45) is 1.75. The van der Waals surface area contributed by atoms with Gasteiger partial charge in [-0.2, -0.15) is 4.98 Å². The summed E-state index contributed by atoms with van der Waals surface area (Å²) in [5, 5.41) is 10.6. The van der Waals surface area contributed by atoms with E-state index in [-0.39, 0.29) is 24.0 Å². The molecule has 0 radical (unpaired) electrons. The molecule has 0 amide bonds. The lowest BCUT2D eigenvalue weighted by atomic mass is 9.98. The number of nitrogens with two attached hydrogens (primary N) is 1. The molecule has 2 heterocycles. The van der Waals surface area contributed by atoms with Crippen LogP contribution in [0, 0.1) is 5.82 Å². The van der Waals surface area contributed by atoms with Crippen LogP contribution in [0.3, 0.4) is 0 Å². The number of halogens is 1. The molecule has 0 fully saturated rings. The normalized spacial score (nSPS) is 11.6. The number of fused-ring (bicyclic) bond motifs is 1. The number of aliphatic carboxylic acids is 1. The van der Waals surface area contributed by atoms with Gasteiger partial charge in [0.25, 0.3) is 5.97 Å². The van der Waals surface area contributed by atoms with Gasteiger partial charge >= 0.3 is 0 Å². The van der Waals surface area contributed by atoms with E-state index in [1.165, 1.54) is 12.1 Å². The predicted molar refractivity (Wildman–Crippen MR) is 115 cm³/mol. The summed E-state index contributed by atoms with van der Waals surface area (Å²) in [6, 6.07) is 13.3. The Morgan fingerprint density at radius 1 is 1.16 bits per heavy atom. The van der Waals surface area contributed by atoms with Crippen molar-refractivity contribution < 1.29 is 19.1 Å². The summed E-state index contributed by atoms with van der Waals surface area (Å²) >= 11 is 0. The fourth-order valence-electron chi connectivity index (χ4n) is 2.96. The molecule has 0 spiro atoms. The summed E-state index contributed by atoms with van der Waals surface area (Å²) < 4.78 is 13.0. The minimum absolute atomic E-state index is 0.0937. The maximum atomic E-state index is 13.0. The first-order valence-corrected chi connectivity index (χ1v) is 9.32. The summed E-state index contributed by atoms with van der Waals surface area (Å²) in [5.41, 5.74) is 9.36. The zero-order valence-corrected chi connectivity index (χ0v) is 16.7. The monoisotopic (exact) mass is 421 g/mol. The van der Waals surface area contributed by atoms with Crippen LogP contribution >= 0.6 is 0 Å². The van der Waals surface area contributed by atoms with E-state index < -0.39 is 5.97 Å². The molecule has 8 nitrogen and oxygen atoms in total. The summed E-state index contributed by atoms with van der Waals surface area (Å²) in [6.45, 7) is 1.56. The molecule has 0 saturated heterocycles. The summed E-state index contributed by atoms with van der Waals surface area (Å²) in [7, 11) is 0. The smallest absolute Gasteiger partial charge is 0.300 e. The Balaban J connectivity index is 0.000000628. The van der Waals surface area contributed by atoms with Crippen LogP contribution in [0.25, 0.3) is 0 Å². The lowest BCUT2D eigenvalue weighted by Gasteiger charge is -2.09. The number of benzene rings is 2. The first kappa shape index (κ1) is 21.6. The van der Waals surface area contributed by atoms with Gasteiger partial charge in [0.15, 0.2) is 5.78 Å². The minimum Gasteiger partial charge on any atom is -0.481 e. The van der Waals surface area contributed by atoms with Crippen LogP contribution in [0.2, 0.25) is 0 Å². The Bertz CT molecular complexity index is 1140. The Labute approximate surface area is 177 Å². The van der Waals surface area contributed by atoms with E-state index in [0.29, 0.717) is 18.1 Å². The molecule has 1 aliphatic rings. The molecule has 158 valence electrons. The SMILES string of the molecule is CC(=O)O.Nc1nccc(Nc2ccc3c(c2)C(C(=O)Cc2ccc(F)cc2)=NC3)n1. The van der Waals surface area contributed by atoms with Gasteiger partial charge in [0.05, 0.1) is 6.54 Å². The number of carbonyl (C=O) groups excluding carboxylic acids is 1. The standard InChI is InChI=1S/C20H16FN5O.C2H4O2/c21-14-4-1-12(2-5-14)9-17(27)19-16-10-15(6-3-13(16)11-24-19)25-18-7-8-23-20(22)26-18;1-2(3)4/h1-8,10H,9,11H2,(H3,22,23,25,26);1H3,(H,3,4). The summed E-state index contributed by atoms with van der Waals surface area (Å²) in [5.74, 6) is -0.505. The first-order valence-electron chi connectivity index (χ1n) is 9.32. The van der Waals surface area contributed by atoms with Gasteiger partial charge in [-0.3, -0.25) is 14.6 Å². The second-order valence-electron chi connectivity index (χ2n) is 6.71. The first-order chi connectivity index (χ1) is 14.8. The highest BCUT2D eigenvalue weighted by Crippen LogP contribution is 2.25. The van der Waals surface area contributed by atoms with Crippen molar-refractivity contribution in [1.82, 2.24) is 9.97 Å². The molecule has 9 heteroatoms. The van der Waals surface area contributed by atoms with Crippen molar-refractivity contribution in [2.24, 2.45) is 4.99 Å². The quantitative estimate of drug-likeness (QED) is 0.577. The molecule has 31 heavy (non-hydrogen) atoms. The fraction of sp³-hybridized carbons (Fsp3) is 0.136. The Hall–Kier alpha value is -4.14. The number of anilines is 3. The van der Waals surface area contributed by atoms with Crippen molar-refractivity contribution in [2.75, 3.05) is 11.1 Å². The zero-order valence-electron chi connectivity index (χ0n) is 16.7. The number of carboxylic acids is 1. The van der Waals surface area contributed by atoms with Crippen LogP contribution in [0.1, 0.15) is 23.6 Å². The molecule has 0 bridgehead atoms. The molecule has 0 unspecified atom stereocenters. The van der Waals surface area contributed by atoms with E-state index >= 15 is 0 Å². The van der Waals surface area contributed by atoms with Crippen LogP contribution in [-0.4, -0.2) is 32.5 Å². The average Bonchev–Trinajstić information content (AvgIpc) is 3.13.